The van der Waals surface area contributed by atoms with Gasteiger partial charge in [0.05, 0.1) is 5.92 Å². The second kappa shape index (κ2) is 4.16. The van der Waals surface area contributed by atoms with Crippen LogP contribution in [-0.2, 0) is 4.79 Å². The lowest BCUT2D eigenvalue weighted by atomic mass is 10.0. The van der Waals surface area contributed by atoms with Gasteiger partial charge in [-0.15, -0.1) is 13.2 Å². The van der Waals surface area contributed by atoms with E-state index in [1.165, 1.54) is 6.07 Å². The Morgan fingerprint density at radius 3 is 2.61 bits per heavy atom. The van der Waals surface area contributed by atoms with Crippen molar-refractivity contribution in [2.75, 3.05) is 0 Å². The van der Waals surface area contributed by atoms with Crippen LogP contribution in [0, 0.1) is 0 Å². The summed E-state index contributed by atoms with van der Waals surface area (Å²) in [5.41, 5.74) is 6.57. The summed E-state index contributed by atoms with van der Waals surface area (Å²) in [6.45, 7) is 0. The summed E-state index contributed by atoms with van der Waals surface area (Å²) in [5, 5.41) is 8.98. The van der Waals surface area contributed by atoms with Gasteiger partial charge in [0, 0.05) is 6.04 Å². The number of carboxylic acid groups (broad SMARTS) is 1. The zero-order valence-electron chi connectivity index (χ0n) is 9.07. The highest BCUT2D eigenvalue weighted by Crippen LogP contribution is 2.41. The van der Waals surface area contributed by atoms with Gasteiger partial charge >= 0.3 is 12.3 Å². The van der Waals surface area contributed by atoms with E-state index < -0.39 is 30.0 Å². The van der Waals surface area contributed by atoms with Gasteiger partial charge in [0.25, 0.3) is 0 Å². The van der Waals surface area contributed by atoms with Crippen LogP contribution >= 0.6 is 0 Å². The van der Waals surface area contributed by atoms with Gasteiger partial charge in [-0.1, -0.05) is 6.07 Å². The summed E-state index contributed by atoms with van der Waals surface area (Å²) in [6, 6.07) is 3.13. The number of fused-ring (bicyclic) bond motifs is 1. The summed E-state index contributed by atoms with van der Waals surface area (Å²) in [7, 11) is 0. The molecule has 0 fully saturated rings. The van der Waals surface area contributed by atoms with Crippen molar-refractivity contribution < 1.29 is 27.8 Å². The molecule has 3 N–H and O–H groups in total. The topological polar surface area (TPSA) is 72.6 Å². The van der Waals surface area contributed by atoms with E-state index in [0.29, 0.717) is 5.56 Å². The number of rotatable bonds is 2. The van der Waals surface area contributed by atoms with Crippen molar-refractivity contribution in [2.24, 2.45) is 5.73 Å². The van der Waals surface area contributed by atoms with E-state index in [0.717, 1.165) is 12.1 Å². The first-order chi connectivity index (χ1) is 8.28. The lowest BCUT2D eigenvalue weighted by Crippen LogP contribution is -2.17. The molecule has 0 heterocycles. The normalized spacial score (nSPS) is 22.7. The molecule has 0 amide bonds. The standard InChI is InChI=1S/C11H10F3NO3/c12-11(13,14)18-5-1-2-6-7(3-5)8(10(16)17)4-9(6)15/h1-3,8-9H,4,15H2,(H,16,17). The quantitative estimate of drug-likeness (QED) is 0.855. The van der Waals surface area contributed by atoms with Crippen molar-refractivity contribution in [1.82, 2.24) is 0 Å². The van der Waals surface area contributed by atoms with Gasteiger partial charge in [-0.3, -0.25) is 4.79 Å². The molecule has 0 bridgehead atoms. The Morgan fingerprint density at radius 2 is 2.06 bits per heavy atom. The number of carboxylic acids is 1. The smallest absolute Gasteiger partial charge is 0.481 e. The molecule has 2 unspecified atom stereocenters. The van der Waals surface area contributed by atoms with E-state index in [4.69, 9.17) is 10.8 Å². The molecule has 98 valence electrons. The van der Waals surface area contributed by atoms with Crippen LogP contribution in [0.25, 0.3) is 0 Å². The minimum absolute atomic E-state index is 0.181. The maximum absolute atomic E-state index is 12.1. The first-order valence-electron chi connectivity index (χ1n) is 5.16. The minimum atomic E-state index is -4.80. The van der Waals surface area contributed by atoms with Crippen molar-refractivity contribution in [3.8, 4) is 5.75 Å². The highest BCUT2D eigenvalue weighted by molar-refractivity contribution is 5.78. The molecule has 4 nitrogen and oxygen atoms in total. The van der Waals surface area contributed by atoms with Crippen LogP contribution in [0.15, 0.2) is 18.2 Å². The number of ether oxygens (including phenoxy) is 1. The highest BCUT2D eigenvalue weighted by Gasteiger charge is 2.36. The maximum atomic E-state index is 12.1. The molecule has 2 rings (SSSR count). The van der Waals surface area contributed by atoms with Gasteiger partial charge in [-0.2, -0.15) is 0 Å². The summed E-state index contributed by atoms with van der Waals surface area (Å²) in [4.78, 5) is 11.0. The molecule has 0 saturated carbocycles. The summed E-state index contributed by atoms with van der Waals surface area (Å²) in [6.07, 6.45) is -4.62. The first-order valence-corrected chi connectivity index (χ1v) is 5.16. The second-order valence-electron chi connectivity index (χ2n) is 4.07. The van der Waals surface area contributed by atoms with Crippen molar-refractivity contribution >= 4 is 5.97 Å². The SMILES string of the molecule is NC1CC(C(=O)O)c2cc(OC(F)(F)F)ccc21. The summed E-state index contributed by atoms with van der Waals surface area (Å²) < 4.78 is 39.9. The predicted octanol–water partition coefficient (Wildman–Crippen LogP) is 2.16. The number of aliphatic carboxylic acids is 1. The molecule has 18 heavy (non-hydrogen) atoms. The number of hydrogen-bond acceptors (Lipinski definition) is 3. The minimum Gasteiger partial charge on any atom is -0.481 e. The molecule has 1 aromatic carbocycles. The van der Waals surface area contributed by atoms with E-state index in [1.54, 1.807) is 0 Å². The number of nitrogens with two attached hydrogens (primary N) is 1. The van der Waals surface area contributed by atoms with Crippen LogP contribution in [0.4, 0.5) is 13.2 Å². The fourth-order valence-electron chi connectivity index (χ4n) is 2.13. The van der Waals surface area contributed by atoms with Gasteiger partial charge in [0.2, 0.25) is 0 Å². The molecule has 2 atom stereocenters. The molecule has 7 heteroatoms. The number of hydrogen-bond donors (Lipinski definition) is 2. The number of alkyl halides is 3. The molecule has 0 saturated heterocycles. The second-order valence-corrected chi connectivity index (χ2v) is 4.07. The fraction of sp³-hybridized carbons (Fsp3) is 0.364. The number of halogens is 3. The van der Waals surface area contributed by atoms with E-state index in [2.05, 4.69) is 4.74 Å². The summed E-state index contributed by atoms with van der Waals surface area (Å²) >= 11 is 0. The lowest BCUT2D eigenvalue weighted by molar-refractivity contribution is -0.274. The highest BCUT2D eigenvalue weighted by atomic mass is 19.4. The Hall–Kier alpha value is -1.76. The zero-order valence-corrected chi connectivity index (χ0v) is 9.07. The van der Waals surface area contributed by atoms with E-state index in [1.807, 2.05) is 0 Å². The molecule has 0 aromatic heterocycles. The largest absolute Gasteiger partial charge is 0.573 e. The Labute approximate surface area is 100 Å². The molecule has 1 aliphatic rings. The average molecular weight is 261 g/mol. The molecule has 0 aliphatic heterocycles. The number of benzene rings is 1. The van der Waals surface area contributed by atoms with Gasteiger partial charge in [-0.25, -0.2) is 0 Å². The van der Waals surface area contributed by atoms with E-state index >= 15 is 0 Å². The van der Waals surface area contributed by atoms with Crippen molar-refractivity contribution in [1.29, 1.82) is 0 Å². The van der Waals surface area contributed by atoms with Gasteiger partial charge in [0.15, 0.2) is 0 Å². The molecular weight excluding hydrogens is 251 g/mol. The van der Waals surface area contributed by atoms with Crippen molar-refractivity contribution in [2.45, 2.75) is 24.7 Å². The summed E-state index contributed by atoms with van der Waals surface area (Å²) in [5.74, 6) is -2.42. The predicted molar refractivity (Wildman–Crippen MR) is 55.0 cm³/mol. The van der Waals surface area contributed by atoms with Gasteiger partial charge < -0.3 is 15.6 Å². The third-order valence-corrected chi connectivity index (χ3v) is 2.85. The van der Waals surface area contributed by atoms with Crippen molar-refractivity contribution in [3.63, 3.8) is 0 Å². The first kappa shape index (κ1) is 12.7. The Balaban J connectivity index is 2.36. The molecule has 1 aromatic rings. The van der Waals surface area contributed by atoms with Gasteiger partial charge in [-0.05, 0) is 29.7 Å². The Kier molecular flexibility index (Phi) is 2.94. The van der Waals surface area contributed by atoms with Crippen LogP contribution in [0.5, 0.6) is 5.75 Å². The number of carbonyl (C=O) groups is 1. The fourth-order valence-corrected chi connectivity index (χ4v) is 2.13. The Morgan fingerprint density at radius 1 is 1.39 bits per heavy atom. The van der Waals surface area contributed by atoms with Crippen LogP contribution in [0.3, 0.4) is 0 Å². The Bertz CT molecular complexity index is 487. The van der Waals surface area contributed by atoms with Crippen LogP contribution in [0.1, 0.15) is 29.5 Å². The molecule has 0 radical (unpaired) electrons. The van der Waals surface area contributed by atoms with Crippen LogP contribution in [-0.4, -0.2) is 17.4 Å². The monoisotopic (exact) mass is 261 g/mol. The average Bonchev–Trinajstić information content (AvgIpc) is 2.53. The van der Waals surface area contributed by atoms with Crippen molar-refractivity contribution in [3.05, 3.63) is 29.3 Å². The zero-order chi connectivity index (χ0) is 13.5. The lowest BCUT2D eigenvalue weighted by Gasteiger charge is -2.11. The molecule has 0 spiro atoms. The maximum Gasteiger partial charge on any atom is 0.573 e. The van der Waals surface area contributed by atoms with Gasteiger partial charge in [0.1, 0.15) is 5.75 Å². The third-order valence-electron chi connectivity index (χ3n) is 2.85. The van der Waals surface area contributed by atoms with E-state index in [9.17, 15) is 18.0 Å². The third kappa shape index (κ3) is 2.40. The van der Waals surface area contributed by atoms with Crippen LogP contribution < -0.4 is 10.5 Å². The van der Waals surface area contributed by atoms with Crippen LogP contribution in [0.2, 0.25) is 0 Å². The van der Waals surface area contributed by atoms with E-state index in [-0.39, 0.29) is 12.0 Å². The molecule has 1 aliphatic carbocycles. The molecular formula is C11H10F3NO3.